The van der Waals surface area contributed by atoms with Crippen molar-refractivity contribution in [2.75, 3.05) is 19.9 Å². The van der Waals surface area contributed by atoms with Gasteiger partial charge < -0.3 is 10.5 Å². The Bertz CT molecular complexity index is 518. The van der Waals surface area contributed by atoms with Crippen LogP contribution < -0.4 is 10.5 Å². The summed E-state index contributed by atoms with van der Waals surface area (Å²) in [7, 11) is 3.77. The molecule has 0 saturated carbocycles. The van der Waals surface area contributed by atoms with E-state index in [9.17, 15) is 0 Å². The molecule has 2 N–H and O–H groups in total. The third-order valence-corrected chi connectivity index (χ3v) is 3.44. The molecule has 1 aromatic carbocycles. The summed E-state index contributed by atoms with van der Waals surface area (Å²) in [5.74, 6) is 0.924. The molecule has 19 heavy (non-hydrogen) atoms. The van der Waals surface area contributed by atoms with Crippen LogP contribution in [0.1, 0.15) is 10.4 Å². The Morgan fingerprint density at radius 1 is 1.32 bits per heavy atom. The minimum absolute atomic E-state index is 0. The molecule has 6 heteroatoms. The van der Waals surface area contributed by atoms with E-state index in [0.29, 0.717) is 5.13 Å². The Morgan fingerprint density at radius 2 is 2.05 bits per heavy atom. The number of ether oxygens (including phenoxy) is 1. The van der Waals surface area contributed by atoms with Crippen LogP contribution in [0.4, 0.5) is 5.13 Å². The Balaban J connectivity index is 0.00000180. The fourth-order valence-corrected chi connectivity index (χ4v) is 2.61. The van der Waals surface area contributed by atoms with Crippen LogP contribution in [0.15, 0.2) is 30.5 Å². The van der Waals surface area contributed by atoms with Crippen molar-refractivity contribution in [2.24, 2.45) is 0 Å². The van der Waals surface area contributed by atoms with Crippen LogP contribution in [-0.2, 0) is 13.1 Å². The van der Waals surface area contributed by atoms with Gasteiger partial charge in [0.2, 0.25) is 0 Å². The number of methoxy groups -OCH3 is 1. The van der Waals surface area contributed by atoms with Gasteiger partial charge in [0.15, 0.2) is 5.13 Å². The molecule has 0 aliphatic heterocycles. The molecule has 0 atom stereocenters. The fourth-order valence-electron chi connectivity index (χ4n) is 1.84. The minimum Gasteiger partial charge on any atom is -0.496 e. The Morgan fingerprint density at radius 3 is 2.68 bits per heavy atom. The second kappa shape index (κ2) is 7.33. The Hall–Kier alpha value is -1.30. The van der Waals surface area contributed by atoms with Crippen LogP contribution in [0.25, 0.3) is 0 Å². The van der Waals surface area contributed by atoms with Gasteiger partial charge in [0.05, 0.1) is 7.11 Å². The number of anilines is 1. The van der Waals surface area contributed by atoms with Crippen molar-refractivity contribution in [2.45, 2.75) is 13.1 Å². The number of hydrogen-bond donors (Lipinski definition) is 1. The predicted octanol–water partition coefficient (Wildman–Crippen LogP) is 2.79. The molecule has 0 saturated heterocycles. The molecular formula is C13H18ClN3OS. The van der Waals surface area contributed by atoms with Gasteiger partial charge in [-0.1, -0.05) is 18.2 Å². The molecule has 104 valence electrons. The van der Waals surface area contributed by atoms with E-state index in [1.165, 1.54) is 21.8 Å². The minimum atomic E-state index is 0. The fraction of sp³-hybridized carbons (Fsp3) is 0.308. The lowest BCUT2D eigenvalue weighted by atomic mass is 10.2. The lowest BCUT2D eigenvalue weighted by Gasteiger charge is -2.17. The zero-order valence-corrected chi connectivity index (χ0v) is 12.6. The summed E-state index contributed by atoms with van der Waals surface area (Å²) >= 11 is 1.53. The second-order valence-electron chi connectivity index (χ2n) is 4.15. The monoisotopic (exact) mass is 299 g/mol. The van der Waals surface area contributed by atoms with Gasteiger partial charge in [0.1, 0.15) is 5.75 Å². The van der Waals surface area contributed by atoms with Crippen LogP contribution in [0.2, 0.25) is 0 Å². The standard InChI is InChI=1S/C13H17N3OS.ClH/c1-16(9-11-7-15-13(14)18-11)8-10-5-3-4-6-12(10)17-2;/h3-7H,8-9H2,1-2H3,(H2,14,15);1H. The average molecular weight is 300 g/mol. The Labute approximate surface area is 123 Å². The molecule has 0 unspecified atom stereocenters. The highest BCUT2D eigenvalue weighted by molar-refractivity contribution is 7.15. The normalized spacial score (nSPS) is 10.3. The molecule has 1 heterocycles. The molecule has 0 bridgehead atoms. The number of para-hydroxylation sites is 1. The van der Waals surface area contributed by atoms with Crippen LogP contribution in [0.5, 0.6) is 5.75 Å². The van der Waals surface area contributed by atoms with Crippen molar-refractivity contribution in [3.05, 3.63) is 40.9 Å². The lowest BCUT2D eigenvalue weighted by Crippen LogP contribution is -2.17. The van der Waals surface area contributed by atoms with Crippen molar-refractivity contribution < 1.29 is 4.74 Å². The number of benzene rings is 1. The number of nitrogens with two attached hydrogens (primary N) is 1. The lowest BCUT2D eigenvalue weighted by molar-refractivity contribution is 0.312. The summed E-state index contributed by atoms with van der Waals surface area (Å²) < 4.78 is 5.34. The van der Waals surface area contributed by atoms with Crippen LogP contribution in [0, 0.1) is 0 Å². The van der Waals surface area contributed by atoms with E-state index in [0.717, 1.165) is 18.8 Å². The first-order valence-corrected chi connectivity index (χ1v) is 6.51. The number of rotatable bonds is 5. The summed E-state index contributed by atoms with van der Waals surface area (Å²) in [6.07, 6.45) is 1.83. The summed E-state index contributed by atoms with van der Waals surface area (Å²) in [4.78, 5) is 7.44. The number of aromatic nitrogens is 1. The average Bonchev–Trinajstić information content (AvgIpc) is 2.75. The summed E-state index contributed by atoms with van der Waals surface area (Å²) in [6.45, 7) is 1.68. The molecule has 2 rings (SSSR count). The molecule has 2 aromatic rings. The van der Waals surface area contributed by atoms with Crippen molar-refractivity contribution >= 4 is 28.9 Å². The van der Waals surface area contributed by atoms with E-state index < -0.39 is 0 Å². The number of halogens is 1. The van der Waals surface area contributed by atoms with E-state index >= 15 is 0 Å². The topological polar surface area (TPSA) is 51.4 Å². The van der Waals surface area contributed by atoms with Crippen LogP contribution >= 0.6 is 23.7 Å². The number of hydrogen-bond acceptors (Lipinski definition) is 5. The first-order chi connectivity index (χ1) is 8.69. The van der Waals surface area contributed by atoms with Crippen molar-refractivity contribution in [1.82, 2.24) is 9.88 Å². The quantitative estimate of drug-likeness (QED) is 0.922. The third-order valence-electron chi connectivity index (χ3n) is 2.63. The van der Waals surface area contributed by atoms with Crippen molar-refractivity contribution in [3.8, 4) is 5.75 Å². The predicted molar refractivity (Wildman–Crippen MR) is 81.9 cm³/mol. The van der Waals surface area contributed by atoms with Gasteiger partial charge in [0, 0.05) is 29.7 Å². The van der Waals surface area contributed by atoms with Gasteiger partial charge in [-0.2, -0.15) is 0 Å². The van der Waals surface area contributed by atoms with Gasteiger partial charge in [-0.3, -0.25) is 4.90 Å². The molecule has 0 spiro atoms. The highest BCUT2D eigenvalue weighted by Gasteiger charge is 2.07. The number of nitrogen functional groups attached to an aromatic ring is 1. The molecule has 0 fully saturated rings. The largest absolute Gasteiger partial charge is 0.496 e. The molecule has 0 aliphatic rings. The maximum absolute atomic E-state index is 5.62. The van der Waals surface area contributed by atoms with Gasteiger partial charge in [-0.15, -0.1) is 23.7 Å². The first kappa shape index (κ1) is 15.8. The molecule has 0 aliphatic carbocycles. The number of thiazole rings is 1. The van der Waals surface area contributed by atoms with Gasteiger partial charge >= 0.3 is 0 Å². The molecular weight excluding hydrogens is 282 g/mol. The zero-order chi connectivity index (χ0) is 13.0. The third kappa shape index (κ3) is 4.38. The molecule has 4 nitrogen and oxygen atoms in total. The van der Waals surface area contributed by atoms with E-state index in [-0.39, 0.29) is 12.4 Å². The second-order valence-corrected chi connectivity index (χ2v) is 5.30. The zero-order valence-electron chi connectivity index (χ0n) is 11.0. The SMILES string of the molecule is COc1ccccc1CN(C)Cc1cnc(N)s1.Cl. The maximum atomic E-state index is 5.62. The maximum Gasteiger partial charge on any atom is 0.180 e. The molecule has 1 aromatic heterocycles. The van der Waals surface area contributed by atoms with E-state index in [4.69, 9.17) is 10.5 Å². The van der Waals surface area contributed by atoms with Crippen molar-refractivity contribution in [1.29, 1.82) is 0 Å². The highest BCUT2D eigenvalue weighted by atomic mass is 35.5. The van der Waals surface area contributed by atoms with E-state index in [1.54, 1.807) is 7.11 Å². The van der Waals surface area contributed by atoms with Gasteiger partial charge in [-0.25, -0.2) is 4.98 Å². The Kier molecular flexibility index (Phi) is 6.08. The van der Waals surface area contributed by atoms with E-state index in [2.05, 4.69) is 23.0 Å². The van der Waals surface area contributed by atoms with Crippen LogP contribution in [0.3, 0.4) is 0 Å². The van der Waals surface area contributed by atoms with Crippen molar-refractivity contribution in [3.63, 3.8) is 0 Å². The molecule has 0 radical (unpaired) electrons. The van der Waals surface area contributed by atoms with Crippen LogP contribution in [-0.4, -0.2) is 24.0 Å². The summed E-state index contributed by atoms with van der Waals surface area (Å²) in [5.41, 5.74) is 6.80. The number of nitrogens with zero attached hydrogens (tertiary/aromatic N) is 2. The summed E-state index contributed by atoms with van der Waals surface area (Å²) in [5, 5.41) is 0.621. The first-order valence-electron chi connectivity index (χ1n) is 5.69. The summed E-state index contributed by atoms with van der Waals surface area (Å²) in [6, 6.07) is 8.06. The van der Waals surface area contributed by atoms with Gasteiger partial charge in [-0.05, 0) is 13.1 Å². The van der Waals surface area contributed by atoms with E-state index in [1.807, 2.05) is 24.4 Å². The highest BCUT2D eigenvalue weighted by Crippen LogP contribution is 2.21. The molecule has 0 amide bonds. The smallest absolute Gasteiger partial charge is 0.180 e. The van der Waals surface area contributed by atoms with Gasteiger partial charge in [0.25, 0.3) is 0 Å².